The maximum Gasteiger partial charge on any atom is 0.270 e. The first-order valence-electron chi connectivity index (χ1n) is 9.96. The number of pyridine rings is 1. The Morgan fingerprint density at radius 1 is 1.14 bits per heavy atom. The molecule has 0 saturated carbocycles. The van der Waals surface area contributed by atoms with E-state index in [-0.39, 0.29) is 17.9 Å². The summed E-state index contributed by atoms with van der Waals surface area (Å²) in [5, 5.41) is 5.96. The van der Waals surface area contributed by atoms with Crippen molar-refractivity contribution in [3.05, 3.63) is 28.9 Å². The monoisotopic (exact) mass is 416 g/mol. The van der Waals surface area contributed by atoms with Gasteiger partial charge in [0.1, 0.15) is 5.69 Å². The van der Waals surface area contributed by atoms with Crippen LogP contribution in [0, 0.1) is 5.92 Å². The topological polar surface area (TPSA) is 65.5 Å². The minimum atomic E-state index is -0.125. The predicted molar refractivity (Wildman–Crippen MR) is 113 cm³/mol. The van der Waals surface area contributed by atoms with E-state index in [1.807, 2.05) is 22.0 Å². The molecule has 148 valence electrons. The Morgan fingerprint density at radius 2 is 1.93 bits per heavy atom. The highest BCUT2D eigenvalue weighted by molar-refractivity contribution is 7.99. The Labute approximate surface area is 172 Å². The van der Waals surface area contributed by atoms with E-state index in [9.17, 15) is 9.59 Å². The quantitative estimate of drug-likeness (QED) is 0.832. The Morgan fingerprint density at radius 3 is 2.64 bits per heavy atom. The second-order valence-corrected chi connectivity index (χ2v) is 9.97. The van der Waals surface area contributed by atoms with Crippen molar-refractivity contribution in [3.63, 3.8) is 0 Å². The average Bonchev–Trinajstić information content (AvgIpc) is 3.18. The van der Waals surface area contributed by atoms with Gasteiger partial charge < -0.3 is 15.1 Å². The molecule has 8 heteroatoms. The number of nitrogens with one attached hydrogen (secondary N) is 1. The van der Waals surface area contributed by atoms with E-state index in [0.29, 0.717) is 17.2 Å². The molecule has 0 aliphatic carbocycles. The molecule has 2 bridgehead atoms. The summed E-state index contributed by atoms with van der Waals surface area (Å²) in [6.45, 7) is 4.82. The molecule has 0 aromatic carbocycles. The Balaban J connectivity index is 1.36. The largest absolute Gasteiger partial charge is 0.346 e. The van der Waals surface area contributed by atoms with Gasteiger partial charge in [0.05, 0.1) is 10.3 Å². The summed E-state index contributed by atoms with van der Waals surface area (Å²) < 4.78 is 0.953. The van der Waals surface area contributed by atoms with Crippen LogP contribution in [0.4, 0.5) is 0 Å². The van der Waals surface area contributed by atoms with Crippen LogP contribution in [0.3, 0.4) is 0 Å². The number of carbonyl (C=O) groups is 2. The lowest BCUT2D eigenvalue weighted by molar-refractivity contribution is 0.0617. The number of nitrogens with zero attached hydrogens (tertiary/aromatic N) is 3. The zero-order valence-electron chi connectivity index (χ0n) is 15.7. The number of amides is 2. The van der Waals surface area contributed by atoms with Gasteiger partial charge in [-0.05, 0) is 37.9 Å². The van der Waals surface area contributed by atoms with Crippen LogP contribution >= 0.6 is 23.1 Å². The summed E-state index contributed by atoms with van der Waals surface area (Å²) in [7, 11) is 0. The van der Waals surface area contributed by atoms with Crippen LogP contribution in [-0.2, 0) is 0 Å². The lowest BCUT2D eigenvalue weighted by atomic mass is 9.84. The van der Waals surface area contributed by atoms with Crippen LogP contribution in [0.5, 0.6) is 0 Å². The van der Waals surface area contributed by atoms with Gasteiger partial charge in [-0.3, -0.25) is 9.59 Å². The van der Waals surface area contributed by atoms with Gasteiger partial charge in [0.2, 0.25) is 0 Å². The predicted octanol–water partition coefficient (Wildman–Crippen LogP) is 2.31. The van der Waals surface area contributed by atoms with E-state index >= 15 is 0 Å². The van der Waals surface area contributed by atoms with E-state index in [4.69, 9.17) is 0 Å². The van der Waals surface area contributed by atoms with Gasteiger partial charge in [-0.2, -0.15) is 11.8 Å². The number of carbonyl (C=O) groups excluding carboxylic acids is 2. The zero-order chi connectivity index (χ0) is 19.1. The van der Waals surface area contributed by atoms with Crippen molar-refractivity contribution < 1.29 is 9.59 Å². The van der Waals surface area contributed by atoms with Crippen LogP contribution in [-0.4, -0.2) is 76.9 Å². The number of thioether (sulfide) groups is 1. The summed E-state index contributed by atoms with van der Waals surface area (Å²) in [5.74, 6) is 2.50. The van der Waals surface area contributed by atoms with Crippen LogP contribution < -0.4 is 5.32 Å². The van der Waals surface area contributed by atoms with Gasteiger partial charge >= 0.3 is 0 Å². The third kappa shape index (κ3) is 3.42. The lowest BCUT2D eigenvalue weighted by Crippen LogP contribution is -2.57. The minimum Gasteiger partial charge on any atom is -0.346 e. The third-order valence-electron chi connectivity index (χ3n) is 6.20. The number of fused-ring (bicyclic) bond motifs is 4. The van der Waals surface area contributed by atoms with Crippen molar-refractivity contribution >= 4 is 45.0 Å². The smallest absolute Gasteiger partial charge is 0.270 e. The molecule has 0 radical (unpaired) electrons. The van der Waals surface area contributed by atoms with Crippen molar-refractivity contribution in [1.29, 1.82) is 0 Å². The van der Waals surface area contributed by atoms with Gasteiger partial charge in [-0.15, -0.1) is 11.3 Å². The summed E-state index contributed by atoms with van der Waals surface area (Å²) in [6.07, 6.45) is 4.05. The van der Waals surface area contributed by atoms with Gasteiger partial charge in [0, 0.05) is 54.1 Å². The minimum absolute atomic E-state index is 0.0708. The van der Waals surface area contributed by atoms with Crippen molar-refractivity contribution in [2.75, 3.05) is 44.2 Å². The molecular formula is C20H24N4O2S2. The number of aromatic nitrogens is 1. The number of hydrogen-bond donors (Lipinski definition) is 1. The average molecular weight is 417 g/mol. The maximum absolute atomic E-state index is 13.0. The van der Waals surface area contributed by atoms with E-state index in [2.05, 4.69) is 15.2 Å². The summed E-state index contributed by atoms with van der Waals surface area (Å²) in [5.41, 5.74) is 1.11. The van der Waals surface area contributed by atoms with Crippen LogP contribution in [0.25, 0.3) is 10.1 Å². The Hall–Kier alpha value is -1.64. The van der Waals surface area contributed by atoms with E-state index in [1.54, 1.807) is 12.3 Å². The molecule has 2 aromatic rings. The molecule has 4 fully saturated rings. The van der Waals surface area contributed by atoms with E-state index in [0.717, 1.165) is 67.2 Å². The molecule has 4 aliphatic heterocycles. The van der Waals surface area contributed by atoms with Crippen molar-refractivity contribution in [2.45, 2.75) is 18.9 Å². The van der Waals surface area contributed by atoms with Gasteiger partial charge in [0.25, 0.3) is 11.8 Å². The highest BCUT2D eigenvalue weighted by atomic mass is 32.2. The van der Waals surface area contributed by atoms with Crippen molar-refractivity contribution in [2.24, 2.45) is 5.92 Å². The molecule has 0 unspecified atom stereocenters. The first kappa shape index (κ1) is 18.4. The summed E-state index contributed by atoms with van der Waals surface area (Å²) >= 11 is 3.41. The van der Waals surface area contributed by atoms with Crippen LogP contribution in [0.2, 0.25) is 0 Å². The number of thiophene rings is 1. The van der Waals surface area contributed by atoms with Gasteiger partial charge in [0.15, 0.2) is 0 Å². The molecule has 1 atom stereocenters. The molecule has 4 aliphatic rings. The number of piperidine rings is 3. The van der Waals surface area contributed by atoms with Crippen LogP contribution in [0.15, 0.2) is 17.6 Å². The highest BCUT2D eigenvalue weighted by Gasteiger charge is 2.35. The van der Waals surface area contributed by atoms with Crippen molar-refractivity contribution in [1.82, 2.24) is 20.1 Å². The summed E-state index contributed by atoms with van der Waals surface area (Å²) in [4.78, 5) is 34.5. The third-order valence-corrected chi connectivity index (χ3v) is 8.07. The fourth-order valence-electron chi connectivity index (χ4n) is 4.53. The second kappa shape index (κ2) is 7.65. The highest BCUT2D eigenvalue weighted by Crippen LogP contribution is 2.29. The molecule has 2 amide bonds. The molecule has 2 aromatic heterocycles. The van der Waals surface area contributed by atoms with E-state index in [1.165, 1.54) is 11.3 Å². The first-order chi connectivity index (χ1) is 13.7. The first-order valence-corrected chi connectivity index (χ1v) is 12.0. The molecule has 6 heterocycles. The molecular weight excluding hydrogens is 392 g/mol. The fraction of sp³-hybridized carbons (Fsp3) is 0.550. The molecule has 6 nitrogen and oxygen atoms in total. The molecule has 1 N–H and O–H groups in total. The number of rotatable bonds is 3. The molecule has 4 saturated heterocycles. The lowest BCUT2D eigenvalue weighted by Gasteiger charge is -2.44. The summed E-state index contributed by atoms with van der Waals surface area (Å²) in [6, 6.07) is 2.01. The molecule has 6 rings (SSSR count). The second-order valence-electron chi connectivity index (χ2n) is 7.84. The molecule has 28 heavy (non-hydrogen) atoms. The van der Waals surface area contributed by atoms with E-state index < -0.39 is 0 Å². The SMILES string of the molecule is O=C(N[C@H]1CN2CCC1CC2)c1cc2c(C(=O)N3CCSCC3)csc2cn1. The fourth-order valence-corrected chi connectivity index (χ4v) is 6.32. The van der Waals surface area contributed by atoms with Crippen LogP contribution in [0.1, 0.15) is 33.7 Å². The molecule has 0 spiro atoms. The standard InChI is InChI=1S/C20H24N4O2S2/c25-19(22-17-11-23-3-1-13(17)2-4-23)16-9-14-15(12-28-18(14)10-21-16)20(26)24-5-7-27-8-6-24/h9-10,12-13,17H,1-8,11H2,(H,22,25)/t17-/m0/s1. The Kier molecular flexibility index (Phi) is 5.02. The zero-order valence-corrected chi connectivity index (χ0v) is 17.4. The normalized spacial score (nSPS) is 27.1. The van der Waals surface area contributed by atoms with Gasteiger partial charge in [-0.1, -0.05) is 0 Å². The van der Waals surface area contributed by atoms with Gasteiger partial charge in [-0.25, -0.2) is 4.98 Å². The maximum atomic E-state index is 13.0. The van der Waals surface area contributed by atoms with Crippen molar-refractivity contribution in [3.8, 4) is 0 Å². The number of hydrogen-bond acceptors (Lipinski definition) is 6. The Bertz CT molecular complexity index is 901.